The van der Waals surface area contributed by atoms with E-state index >= 15 is 0 Å². The average molecular weight is 408 g/mol. The lowest BCUT2D eigenvalue weighted by Crippen LogP contribution is -2.12. The molecule has 0 heterocycles. The monoisotopic (exact) mass is 408 g/mol. The fraction of sp³-hybridized carbons (Fsp3) is 0.333. The van der Waals surface area contributed by atoms with Crippen molar-refractivity contribution in [2.75, 3.05) is 0 Å². The Labute approximate surface area is 155 Å². The number of hydrogen-bond acceptors (Lipinski definition) is 2. The van der Waals surface area contributed by atoms with Crippen molar-refractivity contribution in [3.05, 3.63) is 64.5 Å². The highest BCUT2D eigenvalue weighted by atomic mass is 32.2. The lowest BCUT2D eigenvalue weighted by molar-refractivity contribution is 0.361. The van der Waals surface area contributed by atoms with E-state index in [0.717, 1.165) is 5.56 Å². The van der Waals surface area contributed by atoms with E-state index in [-0.39, 0.29) is 18.1 Å². The summed E-state index contributed by atoms with van der Waals surface area (Å²) in [4.78, 5) is 0. The molecule has 3 nitrogen and oxygen atoms in total. The van der Waals surface area contributed by atoms with Gasteiger partial charge in [-0.3, -0.25) is 4.55 Å². The van der Waals surface area contributed by atoms with Crippen LogP contribution in [-0.2, 0) is 11.4 Å². The molecule has 0 aliphatic rings. The summed E-state index contributed by atoms with van der Waals surface area (Å²) >= 11 is -2.47. The number of hydrogen-bond donors (Lipinski definition) is 1. The van der Waals surface area contributed by atoms with Crippen LogP contribution >= 0.6 is 0 Å². The van der Waals surface area contributed by atoms with E-state index in [0.29, 0.717) is 6.42 Å². The summed E-state index contributed by atoms with van der Waals surface area (Å²) in [5, 5.41) is 0. The Bertz CT molecular complexity index is 813. The van der Waals surface area contributed by atoms with E-state index in [1.165, 1.54) is 19.1 Å². The van der Waals surface area contributed by atoms with Crippen molar-refractivity contribution in [2.24, 2.45) is 0 Å². The molecule has 3 atom stereocenters. The number of halogens is 5. The first kappa shape index (κ1) is 21.3. The van der Waals surface area contributed by atoms with E-state index in [4.69, 9.17) is 4.55 Å². The predicted molar refractivity (Wildman–Crippen MR) is 90.1 cm³/mol. The lowest BCUT2D eigenvalue weighted by atomic mass is 9.84. The van der Waals surface area contributed by atoms with Gasteiger partial charge in [0.2, 0.25) is 5.82 Å². The Hall–Kier alpha value is -2.00. The van der Waals surface area contributed by atoms with Crippen LogP contribution in [0.4, 0.5) is 22.0 Å². The van der Waals surface area contributed by atoms with E-state index in [2.05, 4.69) is 4.18 Å². The first-order valence-electron chi connectivity index (χ1n) is 8.07. The third-order valence-corrected chi connectivity index (χ3v) is 4.72. The molecule has 0 aromatic heterocycles. The van der Waals surface area contributed by atoms with E-state index in [1.54, 1.807) is 12.1 Å². The molecule has 0 aliphatic carbocycles. The van der Waals surface area contributed by atoms with Gasteiger partial charge in [-0.05, 0) is 42.4 Å². The zero-order valence-electron chi connectivity index (χ0n) is 14.4. The van der Waals surface area contributed by atoms with Crippen LogP contribution < -0.4 is 4.18 Å². The molecule has 2 aromatic rings. The van der Waals surface area contributed by atoms with Gasteiger partial charge in [-0.15, -0.1) is 0 Å². The van der Waals surface area contributed by atoms with Crippen LogP contribution in [0.2, 0.25) is 0 Å². The summed E-state index contributed by atoms with van der Waals surface area (Å²) in [6, 6.07) is 6.13. The smallest absolute Gasteiger partial charge is 0.357 e. The van der Waals surface area contributed by atoms with Crippen LogP contribution in [-0.4, -0.2) is 8.76 Å². The molecule has 0 aliphatic heterocycles. The average Bonchev–Trinajstić information content (AvgIpc) is 2.63. The minimum atomic E-state index is -2.47. The summed E-state index contributed by atoms with van der Waals surface area (Å²) < 4.78 is 92.0. The lowest BCUT2D eigenvalue weighted by Gasteiger charge is -2.22. The molecule has 1 N–H and O–H groups in total. The second kappa shape index (κ2) is 8.79. The molecule has 2 aromatic carbocycles. The minimum Gasteiger partial charge on any atom is -0.380 e. The molecular weight excluding hydrogens is 391 g/mol. The minimum absolute atomic E-state index is 0.140. The molecule has 0 saturated carbocycles. The molecule has 0 radical (unpaired) electrons. The molecule has 27 heavy (non-hydrogen) atoms. The van der Waals surface area contributed by atoms with Crippen molar-refractivity contribution in [1.29, 1.82) is 0 Å². The molecule has 9 heteroatoms. The predicted octanol–water partition coefficient (Wildman–Crippen LogP) is 5.59. The number of benzene rings is 2. The second-order valence-corrected chi connectivity index (χ2v) is 6.70. The van der Waals surface area contributed by atoms with Gasteiger partial charge in [-0.1, -0.05) is 26.0 Å². The van der Waals surface area contributed by atoms with Gasteiger partial charge < -0.3 is 4.18 Å². The molecule has 0 bridgehead atoms. The van der Waals surface area contributed by atoms with Crippen LogP contribution in [0.15, 0.2) is 24.3 Å². The third kappa shape index (κ3) is 4.65. The number of rotatable bonds is 7. The summed E-state index contributed by atoms with van der Waals surface area (Å²) in [7, 11) is 0. The van der Waals surface area contributed by atoms with Crippen molar-refractivity contribution in [2.45, 2.75) is 38.5 Å². The zero-order chi connectivity index (χ0) is 20.3. The van der Waals surface area contributed by atoms with Gasteiger partial charge in [0, 0.05) is 5.56 Å². The fourth-order valence-corrected chi connectivity index (χ4v) is 3.29. The van der Waals surface area contributed by atoms with E-state index < -0.39 is 51.9 Å². The standard InChI is InChI=1S/C18H17F5O3S/c1-3-10(11-4-6-12(7-5-11)26-27(24)25)8-9(2)13-14(19)16(21)18(23)17(22)15(13)20/h4-7,9-10H,3,8H2,1-2H3,(H,24,25). The summed E-state index contributed by atoms with van der Waals surface area (Å²) in [5.41, 5.74) is -0.0928. The highest BCUT2D eigenvalue weighted by Gasteiger charge is 2.29. The van der Waals surface area contributed by atoms with Gasteiger partial charge in [0.25, 0.3) is 0 Å². The molecule has 0 amide bonds. The van der Waals surface area contributed by atoms with E-state index in [1.807, 2.05) is 6.92 Å². The highest BCUT2D eigenvalue weighted by Crippen LogP contribution is 2.36. The Morgan fingerprint density at radius 3 is 1.89 bits per heavy atom. The molecule has 0 saturated heterocycles. The fourth-order valence-electron chi connectivity index (χ4n) is 3.02. The van der Waals surface area contributed by atoms with Crippen LogP contribution in [0.5, 0.6) is 5.75 Å². The Balaban J connectivity index is 2.28. The Kier molecular flexibility index (Phi) is 6.94. The molecule has 2 rings (SSSR count). The first-order valence-corrected chi connectivity index (χ1v) is 9.10. The van der Waals surface area contributed by atoms with Crippen molar-refractivity contribution in [3.8, 4) is 5.75 Å². The topological polar surface area (TPSA) is 46.5 Å². The third-order valence-electron chi connectivity index (χ3n) is 4.39. The normalized spacial score (nSPS) is 14.7. The second-order valence-electron chi connectivity index (χ2n) is 6.09. The highest BCUT2D eigenvalue weighted by molar-refractivity contribution is 7.74. The maximum Gasteiger partial charge on any atom is 0.357 e. The first-order chi connectivity index (χ1) is 12.7. The summed E-state index contributed by atoms with van der Waals surface area (Å²) in [5.74, 6) is -10.7. The Morgan fingerprint density at radius 1 is 0.963 bits per heavy atom. The zero-order valence-corrected chi connectivity index (χ0v) is 15.3. The van der Waals surface area contributed by atoms with Gasteiger partial charge in [-0.25, -0.2) is 22.0 Å². The molecule has 148 valence electrons. The summed E-state index contributed by atoms with van der Waals surface area (Å²) in [6.07, 6.45) is 0.687. The maximum absolute atomic E-state index is 14.0. The SMILES string of the molecule is CCC(CC(C)c1c(F)c(F)c(F)c(F)c1F)c1ccc(OS(=O)O)cc1. The Morgan fingerprint density at radius 2 is 1.44 bits per heavy atom. The van der Waals surface area contributed by atoms with Crippen LogP contribution in [0, 0.1) is 29.1 Å². The van der Waals surface area contributed by atoms with Gasteiger partial charge in [0.05, 0.1) is 0 Å². The van der Waals surface area contributed by atoms with Gasteiger partial charge in [-0.2, -0.15) is 4.21 Å². The largest absolute Gasteiger partial charge is 0.380 e. The maximum atomic E-state index is 14.0. The van der Waals surface area contributed by atoms with Gasteiger partial charge in [0.1, 0.15) is 5.75 Å². The van der Waals surface area contributed by atoms with Gasteiger partial charge in [0.15, 0.2) is 23.3 Å². The van der Waals surface area contributed by atoms with Gasteiger partial charge >= 0.3 is 11.4 Å². The quantitative estimate of drug-likeness (QED) is 0.281. The van der Waals surface area contributed by atoms with E-state index in [9.17, 15) is 26.2 Å². The molecule has 0 fully saturated rings. The van der Waals surface area contributed by atoms with Crippen LogP contribution in [0.1, 0.15) is 49.7 Å². The molecule has 3 unspecified atom stereocenters. The van der Waals surface area contributed by atoms with Crippen molar-refractivity contribution in [3.63, 3.8) is 0 Å². The van der Waals surface area contributed by atoms with Crippen molar-refractivity contribution >= 4 is 11.4 Å². The summed E-state index contributed by atoms with van der Waals surface area (Å²) in [6.45, 7) is 3.22. The van der Waals surface area contributed by atoms with Crippen LogP contribution in [0.3, 0.4) is 0 Å². The van der Waals surface area contributed by atoms with Crippen molar-refractivity contribution < 1.29 is 34.9 Å². The van der Waals surface area contributed by atoms with Crippen LogP contribution in [0.25, 0.3) is 0 Å². The van der Waals surface area contributed by atoms with Crippen molar-refractivity contribution in [1.82, 2.24) is 0 Å². The molecule has 0 spiro atoms. The molecular formula is C18H17F5O3S.